The van der Waals surface area contributed by atoms with Crippen molar-refractivity contribution >= 4 is 5.69 Å². The Labute approximate surface area is 126 Å². The zero-order chi connectivity index (χ0) is 15.7. The number of nitriles is 2. The first-order chi connectivity index (χ1) is 10.2. The number of ether oxygens (including phenoxy) is 1. The molecule has 1 N–H and O–H groups in total. The minimum absolute atomic E-state index is 0.0796. The third kappa shape index (κ3) is 4.37. The van der Waals surface area contributed by atoms with E-state index >= 15 is 0 Å². The first-order valence-corrected chi connectivity index (χ1v) is 7.08. The van der Waals surface area contributed by atoms with Crippen LogP contribution in [0.25, 0.3) is 0 Å². The van der Waals surface area contributed by atoms with Gasteiger partial charge in [0.15, 0.2) is 0 Å². The Hall–Kier alpha value is -2.24. The molecule has 0 aliphatic carbocycles. The molecule has 1 aromatic rings. The molecule has 0 amide bonds. The van der Waals surface area contributed by atoms with Crippen LogP contribution in [-0.2, 0) is 0 Å². The lowest BCUT2D eigenvalue weighted by Crippen LogP contribution is -2.28. The van der Waals surface area contributed by atoms with Crippen molar-refractivity contribution in [2.75, 3.05) is 31.6 Å². The zero-order valence-corrected chi connectivity index (χ0v) is 12.9. The van der Waals surface area contributed by atoms with E-state index in [1.165, 1.54) is 0 Å². The van der Waals surface area contributed by atoms with Gasteiger partial charge in [0.2, 0.25) is 0 Å². The maximum atomic E-state index is 8.97. The first-order valence-electron chi connectivity index (χ1n) is 7.08. The standard InChI is InChI=1S/C16H22N4O/c1-4-10-19-13(2)16-14(6-5-7-15(16)21-3)20(11-8-17)12-9-18/h5-7,13,19H,4,10-12H2,1-3H3. The minimum Gasteiger partial charge on any atom is -0.496 e. The van der Waals surface area contributed by atoms with E-state index in [0.29, 0.717) is 0 Å². The SMILES string of the molecule is CCCNC(C)c1c(OC)cccc1N(CC#N)CC#N. The second-order valence-electron chi connectivity index (χ2n) is 4.74. The molecule has 0 aromatic heterocycles. The summed E-state index contributed by atoms with van der Waals surface area (Å²) in [5.74, 6) is 0.768. The molecule has 0 aliphatic heterocycles. The van der Waals surface area contributed by atoms with Gasteiger partial charge < -0.3 is 15.0 Å². The number of hydrogen-bond donors (Lipinski definition) is 1. The van der Waals surface area contributed by atoms with E-state index in [4.69, 9.17) is 15.3 Å². The van der Waals surface area contributed by atoms with E-state index in [-0.39, 0.29) is 19.1 Å². The van der Waals surface area contributed by atoms with Gasteiger partial charge in [0.1, 0.15) is 18.8 Å². The summed E-state index contributed by atoms with van der Waals surface area (Å²) in [5.41, 5.74) is 1.85. The Bertz CT molecular complexity index is 514. The summed E-state index contributed by atoms with van der Waals surface area (Å²) in [5, 5.41) is 21.4. The quantitative estimate of drug-likeness (QED) is 0.744. The van der Waals surface area contributed by atoms with Gasteiger partial charge in [-0.05, 0) is 32.0 Å². The summed E-state index contributed by atoms with van der Waals surface area (Å²) in [7, 11) is 1.63. The van der Waals surface area contributed by atoms with Gasteiger partial charge in [-0.1, -0.05) is 13.0 Å². The fourth-order valence-corrected chi connectivity index (χ4v) is 2.28. The van der Waals surface area contributed by atoms with Gasteiger partial charge in [-0.2, -0.15) is 10.5 Å². The fraction of sp³-hybridized carbons (Fsp3) is 0.500. The number of hydrogen-bond acceptors (Lipinski definition) is 5. The lowest BCUT2D eigenvalue weighted by Gasteiger charge is -2.26. The fourth-order valence-electron chi connectivity index (χ4n) is 2.28. The molecule has 1 atom stereocenters. The topological polar surface area (TPSA) is 72.1 Å². The van der Waals surface area contributed by atoms with E-state index in [2.05, 4.69) is 31.3 Å². The van der Waals surface area contributed by atoms with Crippen molar-refractivity contribution in [1.82, 2.24) is 5.32 Å². The monoisotopic (exact) mass is 286 g/mol. The molecule has 0 aliphatic rings. The molecule has 1 aromatic carbocycles. The molecule has 5 nitrogen and oxygen atoms in total. The highest BCUT2D eigenvalue weighted by Crippen LogP contribution is 2.34. The summed E-state index contributed by atoms with van der Waals surface area (Å²) in [6.45, 7) is 5.42. The molecule has 0 fully saturated rings. The van der Waals surface area contributed by atoms with Gasteiger partial charge in [0, 0.05) is 17.3 Å². The molecular formula is C16H22N4O. The van der Waals surface area contributed by atoms with Crippen molar-refractivity contribution in [3.05, 3.63) is 23.8 Å². The Kier molecular flexibility index (Phi) is 7.08. The third-order valence-electron chi connectivity index (χ3n) is 3.26. The Balaban J connectivity index is 3.24. The average Bonchev–Trinajstić information content (AvgIpc) is 2.51. The smallest absolute Gasteiger partial charge is 0.125 e. The van der Waals surface area contributed by atoms with Gasteiger partial charge in [-0.3, -0.25) is 0 Å². The summed E-state index contributed by atoms with van der Waals surface area (Å²) in [6, 6.07) is 10.0. The highest BCUT2D eigenvalue weighted by molar-refractivity contribution is 5.61. The van der Waals surface area contributed by atoms with Crippen LogP contribution in [0.2, 0.25) is 0 Å². The lowest BCUT2D eigenvalue weighted by atomic mass is 10.0. The van der Waals surface area contributed by atoms with Gasteiger partial charge in [-0.15, -0.1) is 0 Å². The van der Waals surface area contributed by atoms with Crippen LogP contribution >= 0.6 is 0 Å². The van der Waals surface area contributed by atoms with Crippen molar-refractivity contribution in [3.63, 3.8) is 0 Å². The second-order valence-corrected chi connectivity index (χ2v) is 4.74. The van der Waals surface area contributed by atoms with Crippen LogP contribution in [0.4, 0.5) is 5.69 Å². The van der Waals surface area contributed by atoms with E-state index in [9.17, 15) is 0 Å². The second kappa shape index (κ2) is 8.84. The predicted octanol–water partition coefficient (Wildman–Crippen LogP) is 2.61. The molecule has 21 heavy (non-hydrogen) atoms. The van der Waals surface area contributed by atoms with Crippen molar-refractivity contribution < 1.29 is 4.74 Å². The molecule has 0 saturated heterocycles. The van der Waals surface area contributed by atoms with Crippen LogP contribution in [0, 0.1) is 22.7 Å². The van der Waals surface area contributed by atoms with Crippen molar-refractivity contribution in [1.29, 1.82) is 10.5 Å². The van der Waals surface area contributed by atoms with E-state index in [1.807, 2.05) is 18.2 Å². The summed E-state index contributed by atoms with van der Waals surface area (Å²) in [6.07, 6.45) is 1.04. The van der Waals surface area contributed by atoms with E-state index in [0.717, 1.165) is 30.0 Å². The van der Waals surface area contributed by atoms with Crippen LogP contribution in [0.15, 0.2) is 18.2 Å². The normalized spacial score (nSPS) is 11.3. The Morgan fingerprint density at radius 2 is 1.95 bits per heavy atom. The molecule has 0 radical (unpaired) electrons. The molecule has 5 heteroatoms. The molecule has 0 bridgehead atoms. The summed E-state index contributed by atoms with van der Waals surface area (Å²) < 4.78 is 5.46. The van der Waals surface area contributed by atoms with Gasteiger partial charge in [-0.25, -0.2) is 0 Å². The predicted molar refractivity (Wildman–Crippen MR) is 83.1 cm³/mol. The molecule has 1 unspecified atom stereocenters. The maximum Gasteiger partial charge on any atom is 0.125 e. The summed E-state index contributed by atoms with van der Waals surface area (Å²) in [4.78, 5) is 1.77. The van der Waals surface area contributed by atoms with Gasteiger partial charge in [0.25, 0.3) is 0 Å². The third-order valence-corrected chi connectivity index (χ3v) is 3.26. The van der Waals surface area contributed by atoms with Crippen LogP contribution < -0.4 is 15.0 Å². The number of nitrogens with one attached hydrogen (secondary N) is 1. The Morgan fingerprint density at radius 3 is 2.48 bits per heavy atom. The van der Waals surface area contributed by atoms with E-state index < -0.39 is 0 Å². The van der Waals surface area contributed by atoms with E-state index in [1.54, 1.807) is 12.0 Å². The van der Waals surface area contributed by atoms with Crippen LogP contribution in [0.1, 0.15) is 31.9 Å². The largest absolute Gasteiger partial charge is 0.496 e. The molecule has 0 saturated carbocycles. The van der Waals surface area contributed by atoms with Gasteiger partial charge >= 0.3 is 0 Å². The number of rotatable bonds is 8. The van der Waals surface area contributed by atoms with Crippen molar-refractivity contribution in [2.45, 2.75) is 26.3 Å². The number of benzene rings is 1. The minimum atomic E-state index is 0.0796. The number of methoxy groups -OCH3 is 1. The average molecular weight is 286 g/mol. The molecule has 0 heterocycles. The highest BCUT2D eigenvalue weighted by atomic mass is 16.5. The maximum absolute atomic E-state index is 8.97. The van der Waals surface area contributed by atoms with Gasteiger partial charge in [0.05, 0.1) is 19.2 Å². The van der Waals surface area contributed by atoms with Crippen LogP contribution in [0.5, 0.6) is 5.75 Å². The zero-order valence-electron chi connectivity index (χ0n) is 12.9. The Morgan fingerprint density at radius 1 is 1.29 bits per heavy atom. The number of nitrogens with zero attached hydrogens (tertiary/aromatic N) is 3. The number of anilines is 1. The van der Waals surface area contributed by atoms with Crippen molar-refractivity contribution in [2.24, 2.45) is 0 Å². The molecule has 112 valence electrons. The molecule has 0 spiro atoms. The van der Waals surface area contributed by atoms with Crippen molar-refractivity contribution in [3.8, 4) is 17.9 Å². The summed E-state index contributed by atoms with van der Waals surface area (Å²) >= 11 is 0. The molecule has 1 rings (SSSR count). The molecular weight excluding hydrogens is 264 g/mol. The highest BCUT2D eigenvalue weighted by Gasteiger charge is 2.19. The van der Waals surface area contributed by atoms with Crippen LogP contribution in [0.3, 0.4) is 0 Å². The first kappa shape index (κ1) is 16.8. The van der Waals surface area contributed by atoms with Crippen LogP contribution in [-0.4, -0.2) is 26.7 Å². The lowest BCUT2D eigenvalue weighted by molar-refractivity contribution is 0.402.